The molecule has 2 heterocycles. The highest BCUT2D eigenvalue weighted by Crippen LogP contribution is 2.29. The summed E-state index contributed by atoms with van der Waals surface area (Å²) in [5, 5.41) is 1.89. The van der Waals surface area contributed by atoms with Gasteiger partial charge >= 0.3 is 0 Å². The lowest BCUT2D eigenvalue weighted by Crippen LogP contribution is -2.51. The molecular formula is C12H6N2O4S. The number of fused-ring (bicyclic) bond motifs is 1. The predicted octanol–water partition coefficient (Wildman–Crippen LogP) is 0.174. The van der Waals surface area contributed by atoms with Crippen molar-refractivity contribution in [2.45, 2.75) is 5.92 Å². The fraction of sp³-hybridized carbons (Fsp3) is 0.0833. The fourth-order valence-corrected chi connectivity index (χ4v) is 2.91. The zero-order valence-electron chi connectivity index (χ0n) is 9.38. The van der Waals surface area contributed by atoms with Crippen LogP contribution in [0.1, 0.15) is 10.9 Å². The zero-order valence-corrected chi connectivity index (χ0v) is 10.2. The topological polar surface area (TPSA) is 93.2 Å². The molecule has 94 valence electrons. The number of hydrogen-bond acceptors (Lipinski definition) is 6. The maximum absolute atomic E-state index is 11.7. The van der Waals surface area contributed by atoms with E-state index in [4.69, 9.17) is 0 Å². The van der Waals surface area contributed by atoms with E-state index in [1.807, 2.05) is 0 Å². The molecule has 0 radical (unpaired) electrons. The van der Waals surface area contributed by atoms with Crippen molar-refractivity contribution in [3.63, 3.8) is 0 Å². The number of hydrogen-bond donors (Lipinski definition) is 1. The van der Waals surface area contributed by atoms with Gasteiger partial charge in [-0.3, -0.25) is 24.5 Å². The second-order valence-corrected chi connectivity index (χ2v) is 5.03. The van der Waals surface area contributed by atoms with Gasteiger partial charge < -0.3 is 0 Å². The number of nitrogens with zero attached hydrogens (tertiary/aromatic N) is 1. The van der Waals surface area contributed by atoms with Crippen LogP contribution in [0.25, 0.3) is 10.2 Å². The van der Waals surface area contributed by atoms with Crippen LogP contribution < -0.4 is 5.32 Å². The molecule has 0 bridgehead atoms. The van der Waals surface area contributed by atoms with E-state index in [1.165, 1.54) is 0 Å². The number of para-hydroxylation sites is 1. The average Bonchev–Trinajstić information content (AvgIpc) is 2.80. The normalized spacial score (nSPS) is 17.1. The van der Waals surface area contributed by atoms with Crippen LogP contribution in [0.15, 0.2) is 24.3 Å². The van der Waals surface area contributed by atoms with Gasteiger partial charge in [0, 0.05) is 0 Å². The first kappa shape index (κ1) is 11.7. The summed E-state index contributed by atoms with van der Waals surface area (Å²) in [4.78, 5) is 50.2. The third-order valence-corrected chi connectivity index (χ3v) is 3.86. The van der Waals surface area contributed by atoms with Gasteiger partial charge in [-0.15, -0.1) is 11.3 Å². The molecule has 2 amide bonds. The maximum atomic E-state index is 11.7. The smallest absolute Gasteiger partial charge is 0.287 e. The van der Waals surface area contributed by atoms with Crippen LogP contribution in [0.5, 0.6) is 0 Å². The molecule has 0 aliphatic carbocycles. The highest BCUT2D eigenvalue weighted by Gasteiger charge is 2.44. The molecule has 1 aliphatic rings. The summed E-state index contributed by atoms with van der Waals surface area (Å²) in [6.07, 6.45) is 0. The van der Waals surface area contributed by atoms with E-state index in [2.05, 4.69) is 4.98 Å². The molecule has 1 aliphatic heterocycles. The highest BCUT2D eigenvalue weighted by atomic mass is 32.1. The lowest BCUT2D eigenvalue weighted by atomic mass is 9.95. The summed E-state index contributed by atoms with van der Waals surface area (Å²) < 4.78 is 0.788. The van der Waals surface area contributed by atoms with Crippen molar-refractivity contribution < 1.29 is 19.2 Å². The number of benzene rings is 1. The number of imide groups is 1. The van der Waals surface area contributed by atoms with Crippen LogP contribution in [0.4, 0.5) is 0 Å². The quantitative estimate of drug-likeness (QED) is 0.454. The Balaban J connectivity index is 2.13. The molecule has 0 unspecified atom stereocenters. The molecule has 1 N–H and O–H groups in total. The van der Waals surface area contributed by atoms with E-state index in [9.17, 15) is 19.2 Å². The fourth-order valence-electron chi connectivity index (χ4n) is 1.85. The van der Waals surface area contributed by atoms with Gasteiger partial charge in [-0.25, -0.2) is 4.98 Å². The SMILES string of the molecule is O=C1NC(=O)C(=O)C(c2nc3ccccc3s2)C1=O. The number of amides is 2. The van der Waals surface area contributed by atoms with Gasteiger partial charge in [-0.1, -0.05) is 12.1 Å². The lowest BCUT2D eigenvalue weighted by Gasteiger charge is -2.15. The molecule has 2 aromatic rings. The van der Waals surface area contributed by atoms with Crippen molar-refractivity contribution in [3.05, 3.63) is 29.3 Å². The monoisotopic (exact) mass is 274 g/mol. The average molecular weight is 274 g/mol. The maximum Gasteiger partial charge on any atom is 0.295 e. The molecule has 1 saturated heterocycles. The Hall–Kier alpha value is -2.41. The van der Waals surface area contributed by atoms with Crippen LogP contribution in [-0.2, 0) is 19.2 Å². The Morgan fingerprint density at radius 3 is 2.26 bits per heavy atom. The van der Waals surface area contributed by atoms with Crippen molar-refractivity contribution >= 4 is 44.9 Å². The van der Waals surface area contributed by atoms with E-state index in [0.717, 1.165) is 16.0 Å². The molecule has 19 heavy (non-hydrogen) atoms. The van der Waals surface area contributed by atoms with Gasteiger partial charge in [0.15, 0.2) is 0 Å². The minimum atomic E-state index is -1.40. The number of nitrogens with one attached hydrogen (secondary N) is 1. The second-order valence-electron chi connectivity index (χ2n) is 3.96. The molecule has 3 rings (SSSR count). The summed E-state index contributed by atoms with van der Waals surface area (Å²) in [5.74, 6) is -5.41. The van der Waals surface area contributed by atoms with Crippen molar-refractivity contribution in [1.82, 2.24) is 10.3 Å². The van der Waals surface area contributed by atoms with Crippen LogP contribution in [-0.4, -0.2) is 28.4 Å². The first-order valence-electron chi connectivity index (χ1n) is 5.37. The molecule has 1 aromatic heterocycles. The van der Waals surface area contributed by atoms with Crippen LogP contribution in [0.3, 0.4) is 0 Å². The summed E-state index contributed by atoms with van der Waals surface area (Å²) in [6, 6.07) is 7.09. The first-order valence-corrected chi connectivity index (χ1v) is 6.18. The third-order valence-electron chi connectivity index (χ3n) is 2.76. The van der Waals surface area contributed by atoms with Gasteiger partial charge in [0.25, 0.3) is 11.8 Å². The Bertz CT molecular complexity index is 690. The zero-order chi connectivity index (χ0) is 13.6. The number of aromatic nitrogens is 1. The van der Waals surface area contributed by atoms with Crippen LogP contribution in [0, 0.1) is 0 Å². The third kappa shape index (κ3) is 1.75. The molecule has 1 aromatic carbocycles. The highest BCUT2D eigenvalue weighted by molar-refractivity contribution is 7.19. The first-order chi connectivity index (χ1) is 9.08. The molecular weight excluding hydrogens is 268 g/mol. The second kappa shape index (κ2) is 4.06. The molecule has 7 heteroatoms. The van der Waals surface area contributed by atoms with Crippen molar-refractivity contribution in [3.8, 4) is 0 Å². The number of ketones is 2. The van der Waals surface area contributed by atoms with Crippen molar-refractivity contribution in [2.75, 3.05) is 0 Å². The van der Waals surface area contributed by atoms with Crippen molar-refractivity contribution in [2.24, 2.45) is 0 Å². The number of thiazole rings is 1. The summed E-state index contributed by atoms with van der Waals surface area (Å²) in [7, 11) is 0. The largest absolute Gasteiger partial charge is 0.295 e. The Labute approximate surface area is 110 Å². The minimum Gasteiger partial charge on any atom is -0.287 e. The number of carbonyl (C=O) groups excluding carboxylic acids is 4. The minimum absolute atomic E-state index is 0.180. The van der Waals surface area contributed by atoms with E-state index < -0.39 is 29.3 Å². The lowest BCUT2D eigenvalue weighted by molar-refractivity contribution is -0.151. The van der Waals surface area contributed by atoms with E-state index in [-0.39, 0.29) is 5.01 Å². The molecule has 0 saturated carbocycles. The summed E-state index contributed by atoms with van der Waals surface area (Å²) in [6.45, 7) is 0. The molecule has 1 fully saturated rings. The van der Waals surface area contributed by atoms with Gasteiger partial charge in [-0.05, 0) is 12.1 Å². The van der Waals surface area contributed by atoms with Gasteiger partial charge in [0.05, 0.1) is 10.2 Å². The van der Waals surface area contributed by atoms with Crippen LogP contribution >= 0.6 is 11.3 Å². The Kier molecular flexibility index (Phi) is 2.49. The summed E-state index contributed by atoms with van der Waals surface area (Å²) in [5.41, 5.74) is 0.626. The van der Waals surface area contributed by atoms with Gasteiger partial charge in [-0.2, -0.15) is 0 Å². The molecule has 6 nitrogen and oxygen atoms in total. The van der Waals surface area contributed by atoms with Gasteiger partial charge in [0.2, 0.25) is 11.6 Å². The standard InChI is InChI=1S/C12H6N2O4S/c15-8-7(9(16)11(18)14-10(8)17)12-13-5-3-1-2-4-6(5)19-12/h1-4,7H,(H,14,17,18). The Morgan fingerprint density at radius 2 is 1.63 bits per heavy atom. The number of carbonyl (C=O) groups is 4. The van der Waals surface area contributed by atoms with Crippen LogP contribution in [0.2, 0.25) is 0 Å². The number of piperidine rings is 1. The Morgan fingerprint density at radius 1 is 1.00 bits per heavy atom. The number of rotatable bonds is 1. The number of Topliss-reactive ketones (excluding diaryl/α,β-unsaturated/α-hetero) is 2. The predicted molar refractivity (Wildman–Crippen MR) is 65.5 cm³/mol. The van der Waals surface area contributed by atoms with E-state index >= 15 is 0 Å². The van der Waals surface area contributed by atoms with E-state index in [0.29, 0.717) is 5.52 Å². The van der Waals surface area contributed by atoms with Crippen molar-refractivity contribution in [1.29, 1.82) is 0 Å². The molecule has 0 spiro atoms. The van der Waals surface area contributed by atoms with Gasteiger partial charge in [0.1, 0.15) is 10.9 Å². The molecule has 0 atom stereocenters. The van der Waals surface area contributed by atoms with E-state index in [1.54, 1.807) is 29.6 Å². The summed E-state index contributed by atoms with van der Waals surface area (Å²) >= 11 is 1.13.